The normalized spacial score (nSPS) is 11.4. The van der Waals surface area contributed by atoms with Crippen LogP contribution in [-0.4, -0.2) is 19.9 Å². The van der Waals surface area contributed by atoms with Gasteiger partial charge in [-0.1, -0.05) is 12.1 Å². The van der Waals surface area contributed by atoms with Crippen LogP contribution in [0.1, 0.15) is 29.8 Å². The van der Waals surface area contributed by atoms with Crippen LogP contribution >= 0.6 is 0 Å². The van der Waals surface area contributed by atoms with E-state index in [4.69, 9.17) is 10.7 Å². The molecule has 0 saturated carbocycles. The lowest BCUT2D eigenvalue weighted by molar-refractivity contribution is 0.838. The van der Waals surface area contributed by atoms with Gasteiger partial charge in [-0.3, -0.25) is 4.98 Å². The van der Waals surface area contributed by atoms with Gasteiger partial charge in [0.05, 0.1) is 34.6 Å². The van der Waals surface area contributed by atoms with Gasteiger partial charge in [0.1, 0.15) is 29.6 Å². The highest BCUT2D eigenvalue weighted by Gasteiger charge is 2.19. The summed E-state index contributed by atoms with van der Waals surface area (Å²) in [5.74, 6) is 0.439. The number of nitrogens with two attached hydrogens (primary N) is 1. The van der Waals surface area contributed by atoms with Gasteiger partial charge >= 0.3 is 0 Å². The van der Waals surface area contributed by atoms with E-state index in [1.165, 1.54) is 6.33 Å². The Labute approximate surface area is 172 Å². The monoisotopic (exact) mass is 392 g/mol. The second kappa shape index (κ2) is 7.82. The topological polar surface area (TPSA) is 137 Å². The standard InChI is InChI=1S/C22H16N8/c1-13(29-22-17(11-24)21(25)27-12-28-22)20-16(18-6-2-3-8-26-18)9-15-14(10-23)5-4-7-19(15)30-20/h2-9,12-13H,1H3,(H3,25,27,28,29). The van der Waals surface area contributed by atoms with E-state index in [-0.39, 0.29) is 17.4 Å². The molecule has 8 nitrogen and oxygen atoms in total. The first-order valence-corrected chi connectivity index (χ1v) is 9.14. The van der Waals surface area contributed by atoms with Crippen LogP contribution in [0, 0.1) is 22.7 Å². The van der Waals surface area contributed by atoms with Crippen LogP contribution in [0.4, 0.5) is 11.6 Å². The molecule has 0 aliphatic rings. The maximum Gasteiger partial charge on any atom is 0.150 e. The third kappa shape index (κ3) is 3.34. The third-order valence-corrected chi connectivity index (χ3v) is 4.70. The predicted octanol–water partition coefficient (Wildman–Crippen LogP) is 3.59. The van der Waals surface area contributed by atoms with Crippen molar-refractivity contribution in [1.29, 1.82) is 10.5 Å². The summed E-state index contributed by atoms with van der Waals surface area (Å²) < 4.78 is 0. The van der Waals surface area contributed by atoms with Crippen LogP contribution in [0.3, 0.4) is 0 Å². The van der Waals surface area contributed by atoms with Crippen LogP contribution in [0.5, 0.6) is 0 Å². The number of nitrogen functional groups attached to an aromatic ring is 1. The maximum absolute atomic E-state index is 9.49. The Morgan fingerprint density at radius 2 is 1.90 bits per heavy atom. The van der Waals surface area contributed by atoms with E-state index in [9.17, 15) is 10.5 Å². The van der Waals surface area contributed by atoms with Crippen LogP contribution < -0.4 is 11.1 Å². The van der Waals surface area contributed by atoms with Gasteiger partial charge in [-0.05, 0) is 37.3 Å². The highest BCUT2D eigenvalue weighted by molar-refractivity contribution is 5.89. The Balaban J connectivity index is 1.88. The Hall–Kier alpha value is -4.56. The molecule has 4 rings (SSSR count). The molecular weight excluding hydrogens is 376 g/mol. The molecule has 0 saturated heterocycles. The lowest BCUT2D eigenvalue weighted by Gasteiger charge is -2.19. The second-order valence-corrected chi connectivity index (χ2v) is 6.58. The molecule has 3 heterocycles. The number of nitriles is 2. The van der Waals surface area contributed by atoms with Gasteiger partial charge in [-0.15, -0.1) is 0 Å². The van der Waals surface area contributed by atoms with Gasteiger partial charge in [0.25, 0.3) is 0 Å². The molecule has 0 fully saturated rings. The molecule has 4 aromatic rings. The number of aromatic nitrogens is 4. The molecule has 0 bridgehead atoms. The van der Waals surface area contributed by atoms with Gasteiger partial charge in [-0.25, -0.2) is 15.0 Å². The van der Waals surface area contributed by atoms with Crippen molar-refractivity contribution in [3.63, 3.8) is 0 Å². The fraction of sp³-hybridized carbons (Fsp3) is 0.0909. The summed E-state index contributed by atoms with van der Waals surface area (Å²) in [4.78, 5) is 17.3. The zero-order valence-corrected chi connectivity index (χ0v) is 16.0. The molecule has 3 N–H and O–H groups in total. The molecule has 30 heavy (non-hydrogen) atoms. The van der Waals surface area contributed by atoms with Crippen LogP contribution in [0.2, 0.25) is 0 Å². The zero-order valence-electron chi connectivity index (χ0n) is 16.0. The second-order valence-electron chi connectivity index (χ2n) is 6.58. The number of hydrogen-bond acceptors (Lipinski definition) is 8. The summed E-state index contributed by atoms with van der Waals surface area (Å²) in [5, 5.41) is 22.9. The Bertz CT molecular complexity index is 1320. The average Bonchev–Trinajstić information content (AvgIpc) is 2.78. The first-order chi connectivity index (χ1) is 14.6. The number of hydrogen-bond donors (Lipinski definition) is 2. The minimum Gasteiger partial charge on any atom is -0.382 e. The fourth-order valence-electron chi connectivity index (χ4n) is 3.26. The number of fused-ring (bicyclic) bond motifs is 1. The van der Waals surface area contributed by atoms with Crippen molar-refractivity contribution in [3.05, 3.63) is 71.8 Å². The quantitative estimate of drug-likeness (QED) is 0.537. The summed E-state index contributed by atoms with van der Waals surface area (Å²) in [5.41, 5.74) is 9.43. The van der Waals surface area contributed by atoms with E-state index >= 15 is 0 Å². The van der Waals surface area contributed by atoms with Crippen molar-refractivity contribution in [2.75, 3.05) is 11.1 Å². The molecule has 1 unspecified atom stereocenters. The van der Waals surface area contributed by atoms with Crippen molar-refractivity contribution in [1.82, 2.24) is 19.9 Å². The predicted molar refractivity (Wildman–Crippen MR) is 113 cm³/mol. The first-order valence-electron chi connectivity index (χ1n) is 9.14. The molecule has 3 aromatic heterocycles. The van der Waals surface area contributed by atoms with Gasteiger partial charge in [0.15, 0.2) is 0 Å². The Morgan fingerprint density at radius 3 is 2.63 bits per heavy atom. The van der Waals surface area contributed by atoms with E-state index < -0.39 is 0 Å². The molecular formula is C22H16N8. The number of anilines is 2. The molecule has 1 aromatic carbocycles. The summed E-state index contributed by atoms with van der Waals surface area (Å²) in [7, 11) is 0. The highest BCUT2D eigenvalue weighted by atomic mass is 15.1. The molecule has 0 radical (unpaired) electrons. The van der Waals surface area contributed by atoms with E-state index in [0.29, 0.717) is 22.6 Å². The minimum absolute atomic E-state index is 0.109. The van der Waals surface area contributed by atoms with E-state index in [2.05, 4.69) is 26.3 Å². The SMILES string of the molecule is CC(Nc1ncnc(N)c1C#N)c1nc2cccc(C#N)c2cc1-c1ccccn1. The Kier molecular flexibility index (Phi) is 4.90. The van der Waals surface area contributed by atoms with Gasteiger partial charge < -0.3 is 11.1 Å². The number of nitrogens with one attached hydrogen (secondary N) is 1. The zero-order chi connectivity index (χ0) is 21.1. The molecule has 144 valence electrons. The fourth-order valence-corrected chi connectivity index (χ4v) is 3.26. The average molecular weight is 392 g/mol. The number of rotatable bonds is 4. The Morgan fingerprint density at radius 1 is 1.03 bits per heavy atom. The van der Waals surface area contributed by atoms with E-state index in [1.807, 2.05) is 43.3 Å². The molecule has 0 aliphatic heterocycles. The van der Waals surface area contributed by atoms with E-state index in [1.54, 1.807) is 18.3 Å². The van der Waals surface area contributed by atoms with Crippen molar-refractivity contribution >= 4 is 22.5 Å². The lowest BCUT2D eigenvalue weighted by Crippen LogP contribution is -2.14. The molecule has 0 amide bonds. The van der Waals surface area contributed by atoms with Crippen LogP contribution in [0.25, 0.3) is 22.2 Å². The lowest BCUT2D eigenvalue weighted by atomic mass is 9.99. The molecule has 1 atom stereocenters. The van der Waals surface area contributed by atoms with Crippen molar-refractivity contribution < 1.29 is 0 Å². The molecule has 0 spiro atoms. The van der Waals surface area contributed by atoms with Crippen LogP contribution in [-0.2, 0) is 0 Å². The summed E-state index contributed by atoms with van der Waals surface area (Å²) in [6, 6.07) is 16.9. The smallest absolute Gasteiger partial charge is 0.150 e. The maximum atomic E-state index is 9.49. The van der Waals surface area contributed by atoms with Gasteiger partial charge in [0.2, 0.25) is 0 Å². The van der Waals surface area contributed by atoms with E-state index in [0.717, 1.165) is 16.6 Å². The summed E-state index contributed by atoms with van der Waals surface area (Å²) in [6.45, 7) is 1.91. The summed E-state index contributed by atoms with van der Waals surface area (Å²) >= 11 is 0. The van der Waals surface area contributed by atoms with Crippen molar-refractivity contribution in [3.8, 4) is 23.4 Å². The number of pyridine rings is 2. The molecule has 8 heteroatoms. The summed E-state index contributed by atoms with van der Waals surface area (Å²) in [6.07, 6.45) is 3.01. The highest BCUT2D eigenvalue weighted by Crippen LogP contribution is 2.32. The van der Waals surface area contributed by atoms with Gasteiger partial charge in [-0.2, -0.15) is 10.5 Å². The van der Waals surface area contributed by atoms with Crippen LogP contribution in [0.15, 0.2) is 55.0 Å². The molecule has 0 aliphatic carbocycles. The van der Waals surface area contributed by atoms with Crippen molar-refractivity contribution in [2.24, 2.45) is 0 Å². The minimum atomic E-state index is -0.335. The number of nitrogens with zero attached hydrogens (tertiary/aromatic N) is 6. The number of benzene rings is 1. The first kappa shape index (κ1) is 18.8. The van der Waals surface area contributed by atoms with Crippen molar-refractivity contribution in [2.45, 2.75) is 13.0 Å². The van der Waals surface area contributed by atoms with Gasteiger partial charge in [0, 0.05) is 17.1 Å². The largest absolute Gasteiger partial charge is 0.382 e. The third-order valence-electron chi connectivity index (χ3n) is 4.70.